The Hall–Kier alpha value is -4.89. The lowest BCUT2D eigenvalue weighted by Crippen LogP contribution is -2.55. The van der Waals surface area contributed by atoms with Gasteiger partial charge in [-0.2, -0.15) is 11.8 Å². The number of aliphatic hydroxyl groups is 1. The number of anilines is 1. The van der Waals surface area contributed by atoms with Crippen molar-refractivity contribution in [3.63, 3.8) is 0 Å². The van der Waals surface area contributed by atoms with Gasteiger partial charge in [0, 0.05) is 49.9 Å². The fraction of sp³-hybridized carbons (Fsp3) is 0.592. The van der Waals surface area contributed by atoms with Crippen molar-refractivity contribution in [2.24, 2.45) is 0 Å². The van der Waals surface area contributed by atoms with Crippen LogP contribution in [-0.2, 0) is 38.6 Å². The number of ether oxygens (including phenoxy) is 1. The Balaban J connectivity index is 1.14. The number of thioether (sulfide) groups is 1. The van der Waals surface area contributed by atoms with Crippen LogP contribution in [0.5, 0.6) is 0 Å². The number of pyridine rings is 1. The van der Waals surface area contributed by atoms with E-state index in [0.717, 1.165) is 71.9 Å². The van der Waals surface area contributed by atoms with Gasteiger partial charge >= 0.3 is 6.09 Å². The third-order valence-corrected chi connectivity index (χ3v) is 12.4. The molecular formula is C49H74N8O6S. The van der Waals surface area contributed by atoms with Crippen molar-refractivity contribution in [3.05, 3.63) is 65.5 Å². The van der Waals surface area contributed by atoms with Crippen LogP contribution < -0.4 is 27.0 Å². The minimum Gasteiger partial charge on any atom is -0.450 e. The van der Waals surface area contributed by atoms with Crippen LogP contribution in [-0.4, -0.2) is 86.8 Å². The van der Waals surface area contributed by atoms with E-state index in [1.807, 2.05) is 48.5 Å². The molecule has 4 aromatic rings. The number of nitrogens with one attached hydrogen (secondary N) is 4. The Kier molecular flexibility index (Phi) is 23.9. The highest BCUT2D eigenvalue weighted by Crippen LogP contribution is 2.30. The quantitative estimate of drug-likeness (QED) is 0.0260. The summed E-state index contributed by atoms with van der Waals surface area (Å²) in [6, 6.07) is 13.6. The lowest BCUT2D eigenvalue weighted by molar-refractivity contribution is -0.132. The topological polar surface area (TPSA) is 203 Å². The van der Waals surface area contributed by atoms with E-state index >= 15 is 0 Å². The summed E-state index contributed by atoms with van der Waals surface area (Å²) in [6.07, 6.45) is 20.1. The van der Waals surface area contributed by atoms with Crippen molar-refractivity contribution < 1.29 is 29.0 Å². The molecule has 0 aliphatic carbocycles. The average Bonchev–Trinajstić information content (AvgIpc) is 3.66. The molecule has 4 rings (SSSR count). The summed E-state index contributed by atoms with van der Waals surface area (Å²) in [4.78, 5) is 59.9. The van der Waals surface area contributed by atoms with Crippen molar-refractivity contribution in [2.75, 3.05) is 37.0 Å². The molecule has 0 spiro atoms. The maximum absolute atomic E-state index is 13.2. The molecule has 14 nitrogen and oxygen atoms in total. The highest BCUT2D eigenvalue weighted by atomic mass is 32.2. The number of nitrogens with two attached hydrogens (primary N) is 1. The molecule has 2 heterocycles. The van der Waals surface area contributed by atoms with Crippen LogP contribution in [0.1, 0.15) is 140 Å². The number of nitrogen functional groups attached to an aromatic ring is 1. The number of para-hydroxylation sites is 1. The number of aryl methyl sites for hydroxylation is 1. The normalized spacial score (nSPS) is 12.2. The number of benzene rings is 2. The largest absolute Gasteiger partial charge is 0.450 e. The van der Waals surface area contributed by atoms with Crippen molar-refractivity contribution in [1.82, 2.24) is 35.8 Å². The Bertz CT molecular complexity index is 2030. The first kappa shape index (κ1) is 51.7. The number of carbonyl (C=O) groups is 4. The highest BCUT2D eigenvalue weighted by Gasteiger charge is 2.26. The highest BCUT2D eigenvalue weighted by molar-refractivity contribution is 7.99. The lowest BCUT2D eigenvalue weighted by atomic mass is 10.0. The zero-order chi connectivity index (χ0) is 45.9. The second-order valence-corrected chi connectivity index (χ2v) is 17.8. The number of aromatic nitrogens is 3. The predicted molar refractivity (Wildman–Crippen MR) is 259 cm³/mol. The van der Waals surface area contributed by atoms with Gasteiger partial charge in [-0.15, -0.1) is 0 Å². The molecule has 352 valence electrons. The minimum atomic E-state index is -1.23. The van der Waals surface area contributed by atoms with Gasteiger partial charge in [0.25, 0.3) is 0 Å². The van der Waals surface area contributed by atoms with Gasteiger partial charge < -0.3 is 41.4 Å². The molecule has 15 heteroatoms. The lowest BCUT2D eigenvalue weighted by Gasteiger charge is -2.21. The zero-order valence-electron chi connectivity index (χ0n) is 38.6. The summed E-state index contributed by atoms with van der Waals surface area (Å²) in [7, 11) is 0. The number of fused-ring (bicyclic) bond motifs is 3. The van der Waals surface area contributed by atoms with Crippen LogP contribution in [0.2, 0.25) is 0 Å². The fourth-order valence-corrected chi connectivity index (χ4v) is 8.58. The number of hydrogen-bond acceptors (Lipinski definition) is 10. The van der Waals surface area contributed by atoms with Crippen molar-refractivity contribution in [3.8, 4) is 0 Å². The first-order chi connectivity index (χ1) is 31.1. The fourth-order valence-electron chi connectivity index (χ4n) is 7.69. The van der Waals surface area contributed by atoms with Gasteiger partial charge in [-0.1, -0.05) is 146 Å². The van der Waals surface area contributed by atoms with Gasteiger partial charge in [0.05, 0.1) is 24.2 Å². The molecule has 0 aliphatic rings. The number of hydrogen-bond donors (Lipinski definition) is 6. The predicted octanol–water partition coefficient (Wildman–Crippen LogP) is 8.10. The third-order valence-electron chi connectivity index (χ3n) is 11.3. The van der Waals surface area contributed by atoms with Gasteiger partial charge in [-0.05, 0) is 30.0 Å². The summed E-state index contributed by atoms with van der Waals surface area (Å²) in [6.45, 7) is 6.54. The van der Waals surface area contributed by atoms with Gasteiger partial charge in [0.15, 0.2) is 5.82 Å². The molecule has 0 fully saturated rings. The monoisotopic (exact) mass is 903 g/mol. The van der Waals surface area contributed by atoms with Crippen molar-refractivity contribution in [1.29, 1.82) is 0 Å². The van der Waals surface area contributed by atoms with E-state index in [0.29, 0.717) is 36.8 Å². The molecule has 0 saturated heterocycles. The molecule has 2 aromatic carbocycles. The van der Waals surface area contributed by atoms with Crippen LogP contribution >= 0.6 is 11.8 Å². The Morgan fingerprint density at radius 2 is 1.38 bits per heavy atom. The van der Waals surface area contributed by atoms with E-state index in [4.69, 9.17) is 15.5 Å². The Labute approximate surface area is 384 Å². The maximum Gasteiger partial charge on any atom is 0.407 e. The summed E-state index contributed by atoms with van der Waals surface area (Å²) in [5.74, 6) is 0.463. The van der Waals surface area contributed by atoms with Crippen LogP contribution in [0.15, 0.2) is 48.5 Å². The summed E-state index contributed by atoms with van der Waals surface area (Å²) >= 11 is 1.36. The van der Waals surface area contributed by atoms with E-state index < -0.39 is 42.5 Å². The van der Waals surface area contributed by atoms with E-state index in [2.05, 4.69) is 44.7 Å². The van der Waals surface area contributed by atoms with Gasteiger partial charge in [-0.3, -0.25) is 14.4 Å². The molecule has 4 amide bonds. The van der Waals surface area contributed by atoms with Crippen LogP contribution in [0.25, 0.3) is 21.9 Å². The molecule has 0 radical (unpaired) electrons. The summed E-state index contributed by atoms with van der Waals surface area (Å²) in [5, 5.41) is 21.8. The Morgan fingerprint density at radius 3 is 2.02 bits per heavy atom. The third kappa shape index (κ3) is 17.9. The molecule has 0 aliphatic heterocycles. The minimum absolute atomic E-state index is 0.175. The molecule has 2 aromatic heterocycles. The van der Waals surface area contributed by atoms with Gasteiger partial charge in [0.2, 0.25) is 17.7 Å². The van der Waals surface area contributed by atoms with E-state index in [1.54, 1.807) is 0 Å². The molecule has 0 bridgehead atoms. The molecular weight excluding hydrogens is 829 g/mol. The van der Waals surface area contributed by atoms with Crippen molar-refractivity contribution >= 4 is 63.3 Å². The first-order valence-corrected chi connectivity index (χ1v) is 24.9. The number of alkyl carbamates (subject to hydrolysis) is 1. The number of carbonyl (C=O) groups excluding carboxylic acids is 4. The second-order valence-electron chi connectivity index (χ2n) is 16.7. The standard InChI is InChI=1S/C49H74N8O6S/c1-4-6-8-9-10-11-12-13-14-15-16-17-18-21-30-63-49(62)51-29-31-64-35-42(53-36(3)59)48(61)55-41(34-58)47(60)52-32-37-25-27-38(28-26-37)33-57-43(24-7-5-2)56-44-45(57)39-22-19-20-23-40(39)54-46(44)50/h19-20,22-23,25-28,41-42,58H,4-18,21,24,29-35H2,1-3H3,(H2,50,54)(H,51,62)(H,52,60)(H,53,59)(H,55,61). The SMILES string of the molecule is CCCCCCCCCCCCCCCCOC(=O)NCCSCC(NC(C)=O)C(=O)NC(CO)C(=O)NCc1ccc(Cn2c(CCCC)nc3c(N)nc4ccccc4c32)cc1. The average molecular weight is 903 g/mol. The molecule has 7 N–H and O–H groups in total. The van der Waals surface area contributed by atoms with Crippen LogP contribution in [0, 0.1) is 0 Å². The summed E-state index contributed by atoms with van der Waals surface area (Å²) in [5.41, 5.74) is 10.7. The molecule has 64 heavy (non-hydrogen) atoms. The van der Waals surface area contributed by atoms with E-state index in [-0.39, 0.29) is 12.3 Å². The number of rotatable bonds is 32. The molecule has 0 saturated carbocycles. The number of unbranched alkanes of at least 4 members (excludes halogenated alkanes) is 14. The van der Waals surface area contributed by atoms with E-state index in [1.165, 1.54) is 89.3 Å². The number of amides is 4. The first-order valence-electron chi connectivity index (χ1n) is 23.7. The Morgan fingerprint density at radius 1 is 0.750 bits per heavy atom. The van der Waals surface area contributed by atoms with Gasteiger partial charge in [0.1, 0.15) is 23.4 Å². The van der Waals surface area contributed by atoms with Gasteiger partial charge in [-0.25, -0.2) is 14.8 Å². The number of imidazole rings is 1. The van der Waals surface area contributed by atoms with Crippen molar-refractivity contribution in [2.45, 2.75) is 155 Å². The number of aliphatic hydroxyl groups excluding tert-OH is 1. The zero-order valence-corrected chi connectivity index (χ0v) is 39.4. The smallest absolute Gasteiger partial charge is 0.407 e. The van der Waals surface area contributed by atoms with Crippen LogP contribution in [0.3, 0.4) is 0 Å². The maximum atomic E-state index is 13.2. The second kappa shape index (κ2) is 29.5. The molecule has 2 atom stereocenters. The van der Waals surface area contributed by atoms with Crippen LogP contribution in [0.4, 0.5) is 10.6 Å². The number of nitrogens with zero attached hydrogens (tertiary/aromatic N) is 3. The molecule has 2 unspecified atom stereocenters. The van der Waals surface area contributed by atoms with E-state index in [9.17, 15) is 24.3 Å². The summed E-state index contributed by atoms with van der Waals surface area (Å²) < 4.78 is 7.53.